The van der Waals surface area contributed by atoms with Gasteiger partial charge in [-0.1, -0.05) is 5.21 Å². The average Bonchev–Trinajstić information content (AvgIpc) is 3.29. The number of nitrogens with zero attached hydrogens (tertiary/aromatic N) is 5. The molecule has 1 aliphatic heterocycles. The van der Waals surface area contributed by atoms with Crippen LogP contribution in [0.2, 0.25) is 0 Å². The third-order valence-electron chi connectivity index (χ3n) is 5.26. The normalized spacial score (nSPS) is 14.6. The van der Waals surface area contributed by atoms with Crippen LogP contribution in [-0.4, -0.2) is 68.5 Å². The quantitative estimate of drug-likeness (QED) is 0.566. The molecule has 2 aromatic rings. The lowest BCUT2D eigenvalue weighted by Gasteiger charge is -2.25. The lowest BCUT2D eigenvalue weighted by molar-refractivity contribution is -0.143. The summed E-state index contributed by atoms with van der Waals surface area (Å²) in [5.74, 6) is -3.48. The van der Waals surface area contributed by atoms with Crippen LogP contribution in [0.1, 0.15) is 36.2 Å². The van der Waals surface area contributed by atoms with E-state index in [1.54, 1.807) is 0 Å². The largest absolute Gasteiger partial charge is 0.354 e. The van der Waals surface area contributed by atoms with Gasteiger partial charge in [-0.05, 0) is 31.7 Å². The summed E-state index contributed by atoms with van der Waals surface area (Å²) in [4.78, 5) is 49.5. The van der Waals surface area contributed by atoms with Crippen molar-refractivity contribution in [3.63, 3.8) is 0 Å². The predicted molar refractivity (Wildman–Crippen MR) is 113 cm³/mol. The first-order chi connectivity index (χ1) is 15.8. The number of likely N-dealkylation sites (tertiary alicyclic amines) is 1. The second kappa shape index (κ2) is 10.8. The van der Waals surface area contributed by atoms with Crippen molar-refractivity contribution in [1.82, 2.24) is 29.8 Å². The number of amides is 3. The first-order valence-corrected chi connectivity index (χ1v) is 10.6. The Labute approximate surface area is 187 Å². The highest BCUT2D eigenvalue weighted by atomic mass is 19.1. The van der Waals surface area contributed by atoms with Crippen molar-refractivity contribution in [2.24, 2.45) is 0 Å². The molecule has 0 spiro atoms. The fraction of sp³-hybridized carbons (Fsp3) is 0.500. The zero-order valence-corrected chi connectivity index (χ0v) is 18.1. The van der Waals surface area contributed by atoms with Crippen LogP contribution in [0.4, 0.5) is 14.5 Å². The number of rotatable bonds is 7. The van der Waals surface area contributed by atoms with Crippen LogP contribution in [0.25, 0.3) is 0 Å². The van der Waals surface area contributed by atoms with Gasteiger partial charge in [-0.25, -0.2) is 9.07 Å². The van der Waals surface area contributed by atoms with Crippen molar-refractivity contribution in [3.05, 3.63) is 40.3 Å². The minimum atomic E-state index is -1.44. The maximum absolute atomic E-state index is 14.5. The van der Waals surface area contributed by atoms with E-state index < -0.39 is 41.0 Å². The summed E-state index contributed by atoms with van der Waals surface area (Å²) in [6, 6.07) is 1.15. The lowest BCUT2D eigenvalue weighted by atomic mass is 10.1. The molecule has 0 aromatic carbocycles. The first kappa shape index (κ1) is 24.0. The van der Waals surface area contributed by atoms with Crippen LogP contribution in [0.5, 0.6) is 0 Å². The molecule has 1 fully saturated rings. The molecule has 2 N–H and O–H groups in total. The second-order valence-corrected chi connectivity index (χ2v) is 7.64. The molecule has 2 aromatic heterocycles. The van der Waals surface area contributed by atoms with Crippen molar-refractivity contribution in [1.29, 1.82) is 0 Å². The molecule has 11 nitrogen and oxygen atoms in total. The second-order valence-electron chi connectivity index (χ2n) is 7.64. The number of anilines is 1. The average molecular weight is 465 g/mol. The molecule has 1 saturated heterocycles. The Morgan fingerprint density at radius 3 is 2.64 bits per heavy atom. The molecule has 0 bridgehead atoms. The molecule has 1 aliphatic rings. The van der Waals surface area contributed by atoms with Gasteiger partial charge >= 0.3 is 11.8 Å². The zero-order chi connectivity index (χ0) is 24.0. The SMILES string of the molecule is CNC(=O)c1cn(CC(F)CCn2ccc(NC(=O)C(=O)N3CCCCC3)c(F)c2=O)nn1. The van der Waals surface area contributed by atoms with Gasteiger partial charge < -0.3 is 20.1 Å². The molecule has 178 valence electrons. The molecule has 0 saturated carbocycles. The van der Waals surface area contributed by atoms with Gasteiger partial charge in [0.1, 0.15) is 6.17 Å². The van der Waals surface area contributed by atoms with Crippen LogP contribution in [-0.2, 0) is 22.7 Å². The van der Waals surface area contributed by atoms with Crippen LogP contribution in [0.3, 0.4) is 0 Å². The van der Waals surface area contributed by atoms with E-state index in [2.05, 4.69) is 20.9 Å². The van der Waals surface area contributed by atoms with Crippen molar-refractivity contribution in [2.75, 3.05) is 25.5 Å². The third-order valence-corrected chi connectivity index (χ3v) is 5.26. The zero-order valence-electron chi connectivity index (χ0n) is 18.1. The Morgan fingerprint density at radius 1 is 1.21 bits per heavy atom. The Bertz CT molecular complexity index is 1080. The maximum Gasteiger partial charge on any atom is 0.313 e. The van der Waals surface area contributed by atoms with Crippen LogP contribution in [0, 0.1) is 5.82 Å². The van der Waals surface area contributed by atoms with Crippen molar-refractivity contribution in [2.45, 2.75) is 44.9 Å². The molecule has 3 amide bonds. The molecule has 0 radical (unpaired) electrons. The summed E-state index contributed by atoms with van der Waals surface area (Å²) in [5, 5.41) is 11.8. The van der Waals surface area contributed by atoms with Crippen LogP contribution in [0.15, 0.2) is 23.3 Å². The fourth-order valence-electron chi connectivity index (χ4n) is 3.43. The highest BCUT2D eigenvalue weighted by Crippen LogP contribution is 2.13. The number of aryl methyl sites for hydroxylation is 1. The van der Waals surface area contributed by atoms with Crippen molar-refractivity contribution in [3.8, 4) is 0 Å². The van der Waals surface area contributed by atoms with Crippen molar-refractivity contribution >= 4 is 23.4 Å². The monoisotopic (exact) mass is 465 g/mol. The van der Waals surface area contributed by atoms with Gasteiger partial charge in [-0.15, -0.1) is 5.10 Å². The maximum atomic E-state index is 14.5. The summed E-state index contributed by atoms with van der Waals surface area (Å²) in [7, 11) is 1.43. The number of nitrogens with one attached hydrogen (secondary N) is 2. The van der Waals surface area contributed by atoms with E-state index in [4.69, 9.17) is 0 Å². The number of piperidine rings is 1. The van der Waals surface area contributed by atoms with E-state index in [0.717, 1.165) is 34.6 Å². The molecule has 1 unspecified atom stereocenters. The van der Waals surface area contributed by atoms with Crippen LogP contribution >= 0.6 is 0 Å². The number of hydrogen-bond donors (Lipinski definition) is 2. The molecule has 3 heterocycles. The summed E-state index contributed by atoms with van der Waals surface area (Å²) in [6.45, 7) is 0.591. The highest BCUT2D eigenvalue weighted by Gasteiger charge is 2.25. The first-order valence-electron chi connectivity index (χ1n) is 10.6. The molecule has 13 heteroatoms. The number of hydrogen-bond acceptors (Lipinski definition) is 6. The van der Waals surface area contributed by atoms with Gasteiger partial charge in [0.25, 0.3) is 11.5 Å². The van der Waals surface area contributed by atoms with Gasteiger partial charge in [-0.2, -0.15) is 4.39 Å². The summed E-state index contributed by atoms with van der Waals surface area (Å²) in [6.07, 6.45) is 3.51. The van der Waals surface area contributed by atoms with E-state index in [1.807, 2.05) is 0 Å². The highest BCUT2D eigenvalue weighted by molar-refractivity contribution is 6.39. The number of carbonyl (C=O) groups excluding carboxylic acids is 3. The number of pyridine rings is 1. The smallest absolute Gasteiger partial charge is 0.313 e. The van der Waals surface area contributed by atoms with Gasteiger partial charge in [0.15, 0.2) is 5.69 Å². The van der Waals surface area contributed by atoms with Gasteiger partial charge in [-0.3, -0.25) is 19.2 Å². The summed E-state index contributed by atoms with van der Waals surface area (Å²) in [5.41, 5.74) is -1.42. The van der Waals surface area contributed by atoms with E-state index in [0.29, 0.717) is 13.1 Å². The molecular weight excluding hydrogens is 440 g/mol. The third kappa shape index (κ3) is 5.99. The van der Waals surface area contributed by atoms with E-state index in [-0.39, 0.29) is 25.2 Å². The minimum Gasteiger partial charge on any atom is -0.354 e. The van der Waals surface area contributed by atoms with E-state index in [1.165, 1.54) is 24.3 Å². The minimum absolute atomic E-state index is 0.0411. The lowest BCUT2D eigenvalue weighted by Crippen LogP contribution is -2.42. The van der Waals surface area contributed by atoms with E-state index >= 15 is 0 Å². The summed E-state index contributed by atoms with van der Waals surface area (Å²) < 4.78 is 30.9. The molecule has 1 atom stereocenters. The number of aromatic nitrogens is 4. The van der Waals surface area contributed by atoms with Crippen molar-refractivity contribution < 1.29 is 23.2 Å². The van der Waals surface area contributed by atoms with Gasteiger partial charge in [0.2, 0.25) is 5.82 Å². The fourth-order valence-corrected chi connectivity index (χ4v) is 3.43. The molecule has 0 aliphatic carbocycles. The van der Waals surface area contributed by atoms with Gasteiger partial charge in [0.05, 0.1) is 18.4 Å². The molecular formula is C20H25F2N7O4. The van der Waals surface area contributed by atoms with Crippen LogP contribution < -0.4 is 16.2 Å². The topological polar surface area (TPSA) is 131 Å². The Balaban J connectivity index is 1.56. The van der Waals surface area contributed by atoms with E-state index in [9.17, 15) is 28.0 Å². The predicted octanol–water partition coefficient (Wildman–Crippen LogP) is 0.318. The number of alkyl halides is 1. The number of halogens is 2. The Hall–Kier alpha value is -3.64. The molecule has 33 heavy (non-hydrogen) atoms. The number of carbonyl (C=O) groups is 3. The Kier molecular flexibility index (Phi) is 7.85. The standard InChI is InChI=1S/C20H25F2N7O4/c1-23-17(30)15-12-29(26-25-15)11-13(21)5-9-28-10-6-14(16(22)19(28)32)24-18(31)20(33)27-7-3-2-4-8-27/h6,10,12-13H,2-5,7-9,11H2,1H3,(H,23,30)(H,24,31). The van der Waals surface area contributed by atoms with Gasteiger partial charge in [0, 0.05) is 32.9 Å². The molecule has 3 rings (SSSR count). The Morgan fingerprint density at radius 2 is 1.94 bits per heavy atom. The summed E-state index contributed by atoms with van der Waals surface area (Å²) >= 11 is 0.